The quantitative estimate of drug-likeness (QED) is 0.215. The monoisotopic (exact) mass is 648 g/mol. The second kappa shape index (κ2) is 13.6. The maximum Gasteiger partial charge on any atom is 0.266 e. The fourth-order valence-corrected chi connectivity index (χ4v) is 6.31. The van der Waals surface area contributed by atoms with Gasteiger partial charge in [-0.05, 0) is 71.8 Å². The number of ether oxygens (including phenoxy) is 6. The lowest BCUT2D eigenvalue weighted by molar-refractivity contribution is -0.172. The highest BCUT2D eigenvalue weighted by atomic mass is 16.5. The molecule has 10 heteroatoms. The minimum Gasteiger partial charge on any atom is -0.497 e. The zero-order valence-electron chi connectivity index (χ0n) is 26.7. The third-order valence-corrected chi connectivity index (χ3v) is 8.84. The summed E-state index contributed by atoms with van der Waals surface area (Å²) in [5, 5.41) is 0. The number of benzene rings is 4. The summed E-state index contributed by atoms with van der Waals surface area (Å²) in [6.07, 6.45) is 2.13. The van der Waals surface area contributed by atoms with Gasteiger partial charge in [-0.1, -0.05) is 48.5 Å². The Morgan fingerprint density at radius 3 is 1.29 bits per heavy atom. The van der Waals surface area contributed by atoms with Crippen LogP contribution in [0, 0.1) is 0 Å². The van der Waals surface area contributed by atoms with Crippen LogP contribution in [0.2, 0.25) is 0 Å². The molecule has 4 aromatic rings. The topological polar surface area (TPSA) is 96.0 Å². The van der Waals surface area contributed by atoms with Gasteiger partial charge in [-0.3, -0.25) is 9.59 Å². The van der Waals surface area contributed by atoms with E-state index in [0.29, 0.717) is 47.6 Å². The van der Waals surface area contributed by atoms with Gasteiger partial charge >= 0.3 is 0 Å². The minimum absolute atomic E-state index is 0.173. The number of carbonyl (C=O) groups excluding carboxylic acids is 2. The molecule has 0 unspecified atom stereocenters. The number of para-hydroxylation sites is 4. The van der Waals surface area contributed by atoms with E-state index in [-0.39, 0.29) is 25.0 Å². The van der Waals surface area contributed by atoms with Crippen LogP contribution in [0.4, 0.5) is 0 Å². The molecule has 246 valence electrons. The van der Waals surface area contributed by atoms with E-state index in [1.165, 1.54) is 0 Å². The van der Waals surface area contributed by atoms with E-state index in [4.69, 9.17) is 28.4 Å². The average Bonchev–Trinajstić information content (AvgIpc) is 3.13. The molecular formula is C38H36N2O8. The number of amides is 2. The molecule has 5 heterocycles. The molecule has 0 aromatic heterocycles. The van der Waals surface area contributed by atoms with Crippen molar-refractivity contribution in [1.82, 2.24) is 9.80 Å². The van der Waals surface area contributed by atoms with Gasteiger partial charge in [0.2, 0.25) is 12.2 Å². The Hall–Kier alpha value is -5.64. The fraction of sp³-hybridized carbons (Fsp3) is 0.263. The number of methoxy groups -OCH3 is 2. The zero-order chi connectivity index (χ0) is 33.0. The molecule has 0 N–H and O–H groups in total. The maximum absolute atomic E-state index is 13.8. The molecule has 4 atom stereocenters. The fourth-order valence-electron chi connectivity index (χ4n) is 6.31. The second-order valence-corrected chi connectivity index (χ2v) is 11.6. The summed E-state index contributed by atoms with van der Waals surface area (Å²) in [6, 6.07) is 29.0. The molecule has 2 fully saturated rings. The Kier molecular flexibility index (Phi) is 8.78. The van der Waals surface area contributed by atoms with Crippen molar-refractivity contribution >= 4 is 11.8 Å². The Morgan fingerprint density at radius 1 is 0.542 bits per heavy atom. The first kappa shape index (κ1) is 31.0. The lowest BCUT2D eigenvalue weighted by Crippen LogP contribution is -2.66. The minimum atomic E-state index is -0.783. The van der Waals surface area contributed by atoms with Crippen molar-refractivity contribution in [3.8, 4) is 34.5 Å². The number of carbonyl (C=O) groups is 2. The highest BCUT2D eigenvalue weighted by Crippen LogP contribution is 2.43. The van der Waals surface area contributed by atoms with Crippen molar-refractivity contribution in [2.45, 2.75) is 24.3 Å². The highest BCUT2D eigenvalue weighted by Gasteiger charge is 2.53. The van der Waals surface area contributed by atoms with Crippen LogP contribution in [0.3, 0.4) is 0 Å². The van der Waals surface area contributed by atoms with Gasteiger partial charge in [-0.15, -0.1) is 0 Å². The normalized spacial score (nSPS) is 22.9. The van der Waals surface area contributed by atoms with Crippen molar-refractivity contribution in [1.29, 1.82) is 0 Å². The summed E-state index contributed by atoms with van der Waals surface area (Å²) in [7, 11) is 3.22. The first-order valence-corrected chi connectivity index (χ1v) is 15.9. The predicted octanol–water partition coefficient (Wildman–Crippen LogP) is 5.39. The van der Waals surface area contributed by atoms with E-state index in [1.54, 1.807) is 36.2 Å². The summed E-state index contributed by atoms with van der Waals surface area (Å²) < 4.78 is 35.6. The van der Waals surface area contributed by atoms with Crippen molar-refractivity contribution in [2.24, 2.45) is 0 Å². The summed E-state index contributed by atoms with van der Waals surface area (Å²) in [6.45, 7) is 1.13. The van der Waals surface area contributed by atoms with Crippen LogP contribution in [0.25, 0.3) is 0 Å². The number of rotatable bonds is 4. The van der Waals surface area contributed by atoms with Gasteiger partial charge in [-0.2, -0.15) is 0 Å². The van der Waals surface area contributed by atoms with E-state index in [2.05, 4.69) is 0 Å². The van der Waals surface area contributed by atoms with Gasteiger partial charge < -0.3 is 38.2 Å². The molecule has 2 amide bonds. The van der Waals surface area contributed by atoms with Gasteiger partial charge in [-0.25, -0.2) is 0 Å². The standard InChI is InChI=1S/C38H36N2O8/c1-43-27-17-13-25(14-18-27)33-35-37(41)39(33)21-22-40-34(26-15-19-28(44-2)20-16-26)36(38(40)42)48-32-12-6-4-10-30(32)46-24-8-7-23-45-29-9-3-5-11-31(29)47-35/h3-20,33-36H,21-24H2,1-2H3/b8-7+/t33-,34+,35+,36-. The van der Waals surface area contributed by atoms with Crippen LogP contribution in [-0.4, -0.2) is 74.3 Å². The van der Waals surface area contributed by atoms with Crippen LogP contribution in [0.15, 0.2) is 109 Å². The summed E-state index contributed by atoms with van der Waals surface area (Å²) in [4.78, 5) is 31.1. The van der Waals surface area contributed by atoms with Gasteiger partial charge in [0.05, 0.1) is 14.2 Å². The number of hydrogen-bond donors (Lipinski definition) is 0. The molecule has 2 saturated heterocycles. The predicted molar refractivity (Wildman–Crippen MR) is 177 cm³/mol. The highest BCUT2D eigenvalue weighted by molar-refractivity contribution is 5.91. The number of β-lactam (4-membered cyclic amide) rings is 2. The van der Waals surface area contributed by atoms with Crippen LogP contribution < -0.4 is 28.4 Å². The summed E-state index contributed by atoms with van der Waals surface area (Å²) in [5.41, 5.74) is 1.78. The first-order chi connectivity index (χ1) is 23.6. The third-order valence-electron chi connectivity index (χ3n) is 8.84. The smallest absolute Gasteiger partial charge is 0.266 e. The molecule has 48 heavy (non-hydrogen) atoms. The molecule has 0 saturated carbocycles. The second-order valence-electron chi connectivity index (χ2n) is 11.6. The van der Waals surface area contributed by atoms with Crippen molar-refractivity contribution < 1.29 is 38.0 Å². The van der Waals surface area contributed by atoms with E-state index < -0.39 is 24.3 Å². The molecule has 5 aliphatic heterocycles. The molecule has 4 bridgehead atoms. The van der Waals surface area contributed by atoms with Gasteiger partial charge in [0, 0.05) is 13.1 Å². The van der Waals surface area contributed by atoms with Crippen molar-refractivity contribution in [2.75, 3.05) is 40.5 Å². The van der Waals surface area contributed by atoms with E-state index in [9.17, 15) is 9.59 Å². The molecule has 0 radical (unpaired) electrons. The van der Waals surface area contributed by atoms with Crippen molar-refractivity contribution in [3.05, 3.63) is 120 Å². The van der Waals surface area contributed by atoms with Crippen molar-refractivity contribution in [3.63, 3.8) is 0 Å². The molecule has 9 rings (SSSR count). The molecule has 5 aliphatic rings. The average molecular weight is 649 g/mol. The van der Waals surface area contributed by atoms with Crippen LogP contribution in [0.5, 0.6) is 34.5 Å². The van der Waals surface area contributed by atoms with Crippen LogP contribution in [-0.2, 0) is 9.59 Å². The third kappa shape index (κ3) is 5.97. The molecule has 4 aromatic carbocycles. The lowest BCUT2D eigenvalue weighted by Gasteiger charge is -2.50. The van der Waals surface area contributed by atoms with Gasteiger partial charge in [0.1, 0.15) is 36.8 Å². The lowest BCUT2D eigenvalue weighted by atomic mass is 9.88. The summed E-state index contributed by atoms with van der Waals surface area (Å²) >= 11 is 0. The van der Waals surface area contributed by atoms with Gasteiger partial charge in [0.15, 0.2) is 23.0 Å². The Labute approximate surface area is 279 Å². The number of nitrogens with zero attached hydrogens (tertiary/aromatic N) is 2. The number of hydrogen-bond acceptors (Lipinski definition) is 8. The Morgan fingerprint density at radius 2 is 0.917 bits per heavy atom. The van der Waals surface area contributed by atoms with E-state index in [0.717, 1.165) is 11.1 Å². The molecule has 0 spiro atoms. The zero-order valence-corrected chi connectivity index (χ0v) is 26.7. The molecular weight excluding hydrogens is 612 g/mol. The SMILES string of the molecule is COc1ccc([C@@H]2[C@@H]3Oc4ccccc4OC/C=C/COc4ccccc4O[C@H]4C(=O)N(CCN2C3=O)[C@H]4c2ccc(OC)cc2)cc1. The molecule has 0 aliphatic carbocycles. The first-order valence-electron chi connectivity index (χ1n) is 15.9. The van der Waals surface area contributed by atoms with Gasteiger partial charge in [0.25, 0.3) is 11.8 Å². The van der Waals surface area contributed by atoms with E-state index >= 15 is 0 Å². The Balaban J connectivity index is 1.23. The summed E-state index contributed by atoms with van der Waals surface area (Å²) in [5.74, 6) is 3.06. The van der Waals surface area contributed by atoms with E-state index in [1.807, 2.05) is 97.1 Å². The maximum atomic E-state index is 13.8. The van der Waals surface area contributed by atoms with Crippen LogP contribution >= 0.6 is 0 Å². The Bertz CT molecular complexity index is 1660. The molecule has 10 nitrogen and oxygen atoms in total. The van der Waals surface area contributed by atoms with Crippen LogP contribution in [0.1, 0.15) is 23.2 Å². The largest absolute Gasteiger partial charge is 0.497 e.